The summed E-state index contributed by atoms with van der Waals surface area (Å²) in [6, 6.07) is 7.87. The maximum Gasteiger partial charge on any atom is 0.355 e. The highest BCUT2D eigenvalue weighted by Crippen LogP contribution is 2.25. The summed E-state index contributed by atoms with van der Waals surface area (Å²) in [5, 5.41) is 11.8. The van der Waals surface area contributed by atoms with Crippen LogP contribution >= 0.6 is 27.3 Å². The van der Waals surface area contributed by atoms with Gasteiger partial charge >= 0.3 is 5.97 Å². The Bertz CT molecular complexity index is 524. The second-order valence-electron chi connectivity index (χ2n) is 3.18. The van der Waals surface area contributed by atoms with E-state index >= 15 is 0 Å². The van der Waals surface area contributed by atoms with Crippen molar-refractivity contribution in [2.45, 2.75) is 5.33 Å². The maximum absolute atomic E-state index is 10.7. The molecule has 1 N–H and O–H groups in total. The SMILES string of the molecule is O=C(O)c1csc(-c2cccc(CBr)c2)n1. The maximum atomic E-state index is 10.7. The largest absolute Gasteiger partial charge is 0.476 e. The van der Waals surface area contributed by atoms with E-state index in [0.717, 1.165) is 21.5 Å². The van der Waals surface area contributed by atoms with Gasteiger partial charge in [-0.2, -0.15) is 0 Å². The van der Waals surface area contributed by atoms with Gasteiger partial charge in [-0.1, -0.05) is 34.1 Å². The van der Waals surface area contributed by atoms with Crippen molar-refractivity contribution in [2.75, 3.05) is 0 Å². The van der Waals surface area contributed by atoms with Gasteiger partial charge in [0.25, 0.3) is 0 Å². The number of aromatic nitrogens is 1. The standard InChI is InChI=1S/C11H8BrNO2S/c12-5-7-2-1-3-8(4-7)10-13-9(6-16-10)11(14)15/h1-4,6H,5H2,(H,14,15). The summed E-state index contributed by atoms with van der Waals surface area (Å²) < 4.78 is 0. The Labute approximate surface area is 105 Å². The Balaban J connectivity index is 2.38. The molecule has 1 aromatic carbocycles. The molecule has 0 saturated carbocycles. The Morgan fingerprint density at radius 1 is 1.50 bits per heavy atom. The minimum Gasteiger partial charge on any atom is -0.476 e. The van der Waals surface area contributed by atoms with Crippen LogP contribution in [0.25, 0.3) is 10.6 Å². The molecule has 3 nitrogen and oxygen atoms in total. The summed E-state index contributed by atoms with van der Waals surface area (Å²) in [6.07, 6.45) is 0. The first-order valence-electron chi connectivity index (χ1n) is 4.55. The molecule has 2 aromatic rings. The number of nitrogens with zero attached hydrogens (tertiary/aromatic N) is 1. The monoisotopic (exact) mass is 297 g/mol. The number of thiazole rings is 1. The number of hydrogen-bond acceptors (Lipinski definition) is 3. The van der Waals surface area contributed by atoms with Crippen LogP contribution in [0.5, 0.6) is 0 Å². The summed E-state index contributed by atoms with van der Waals surface area (Å²) in [5.41, 5.74) is 2.20. The topological polar surface area (TPSA) is 50.2 Å². The molecular weight excluding hydrogens is 290 g/mol. The van der Waals surface area contributed by atoms with Crippen molar-refractivity contribution in [3.8, 4) is 10.6 Å². The highest BCUT2D eigenvalue weighted by atomic mass is 79.9. The molecule has 1 aromatic heterocycles. The van der Waals surface area contributed by atoms with Crippen LogP contribution in [0.15, 0.2) is 29.6 Å². The van der Waals surface area contributed by atoms with Crippen LogP contribution in [0.4, 0.5) is 0 Å². The van der Waals surface area contributed by atoms with Crippen molar-refractivity contribution in [1.29, 1.82) is 0 Å². The van der Waals surface area contributed by atoms with Crippen molar-refractivity contribution in [2.24, 2.45) is 0 Å². The van der Waals surface area contributed by atoms with Gasteiger partial charge in [0, 0.05) is 16.3 Å². The third kappa shape index (κ3) is 2.31. The molecule has 1 heterocycles. The van der Waals surface area contributed by atoms with Crippen LogP contribution in [-0.2, 0) is 5.33 Å². The Kier molecular flexibility index (Phi) is 3.36. The number of benzene rings is 1. The predicted molar refractivity (Wildman–Crippen MR) is 67.1 cm³/mol. The number of aromatic carboxylic acids is 1. The van der Waals surface area contributed by atoms with Gasteiger partial charge in [0.1, 0.15) is 5.01 Å². The molecule has 0 bridgehead atoms. The highest BCUT2D eigenvalue weighted by Gasteiger charge is 2.09. The Morgan fingerprint density at radius 2 is 2.31 bits per heavy atom. The summed E-state index contributed by atoms with van der Waals surface area (Å²) in [7, 11) is 0. The number of halogens is 1. The first kappa shape index (κ1) is 11.3. The fourth-order valence-electron chi connectivity index (χ4n) is 1.29. The normalized spacial score (nSPS) is 10.3. The first-order chi connectivity index (χ1) is 7.70. The molecule has 0 fully saturated rings. The van der Waals surface area contributed by atoms with Crippen molar-refractivity contribution in [1.82, 2.24) is 4.98 Å². The fraction of sp³-hybridized carbons (Fsp3) is 0.0909. The van der Waals surface area contributed by atoms with Gasteiger partial charge in [0.05, 0.1) is 0 Å². The molecule has 0 unspecified atom stereocenters. The van der Waals surface area contributed by atoms with Crippen molar-refractivity contribution < 1.29 is 9.90 Å². The first-order valence-corrected chi connectivity index (χ1v) is 6.55. The third-order valence-corrected chi connectivity index (χ3v) is 3.59. The summed E-state index contributed by atoms with van der Waals surface area (Å²) >= 11 is 4.72. The smallest absolute Gasteiger partial charge is 0.355 e. The van der Waals surface area contributed by atoms with Gasteiger partial charge in [-0.05, 0) is 11.6 Å². The van der Waals surface area contributed by atoms with E-state index < -0.39 is 5.97 Å². The van der Waals surface area contributed by atoms with E-state index in [-0.39, 0.29) is 5.69 Å². The number of carboxylic acid groups (broad SMARTS) is 1. The highest BCUT2D eigenvalue weighted by molar-refractivity contribution is 9.08. The van der Waals surface area contributed by atoms with Gasteiger partial charge < -0.3 is 5.11 Å². The zero-order valence-corrected chi connectivity index (χ0v) is 10.6. The van der Waals surface area contributed by atoms with E-state index in [4.69, 9.17) is 5.11 Å². The fourth-order valence-corrected chi connectivity index (χ4v) is 2.43. The van der Waals surface area contributed by atoms with E-state index in [1.165, 1.54) is 11.3 Å². The van der Waals surface area contributed by atoms with E-state index in [0.29, 0.717) is 0 Å². The lowest BCUT2D eigenvalue weighted by Crippen LogP contribution is -1.95. The van der Waals surface area contributed by atoms with Gasteiger partial charge in [0.2, 0.25) is 0 Å². The van der Waals surface area contributed by atoms with Gasteiger partial charge in [-0.15, -0.1) is 11.3 Å². The van der Waals surface area contributed by atoms with Crippen LogP contribution in [0.1, 0.15) is 16.1 Å². The number of rotatable bonds is 3. The molecule has 0 aliphatic carbocycles. The summed E-state index contributed by atoms with van der Waals surface area (Å²) in [5.74, 6) is -0.987. The molecule has 0 aliphatic rings. The lowest BCUT2D eigenvalue weighted by atomic mass is 10.1. The molecule has 0 saturated heterocycles. The molecule has 5 heteroatoms. The second-order valence-corrected chi connectivity index (χ2v) is 4.60. The van der Waals surface area contributed by atoms with Crippen LogP contribution in [0.2, 0.25) is 0 Å². The van der Waals surface area contributed by atoms with Crippen LogP contribution < -0.4 is 0 Å². The van der Waals surface area contributed by atoms with Crippen LogP contribution in [0, 0.1) is 0 Å². The number of hydrogen-bond donors (Lipinski definition) is 1. The second kappa shape index (κ2) is 4.76. The van der Waals surface area contributed by atoms with Gasteiger partial charge in [-0.3, -0.25) is 0 Å². The molecule has 0 amide bonds. The Hall–Kier alpha value is -1.20. The molecule has 82 valence electrons. The zero-order chi connectivity index (χ0) is 11.5. The van der Waals surface area contributed by atoms with E-state index in [9.17, 15) is 4.79 Å². The molecule has 0 radical (unpaired) electrons. The van der Waals surface area contributed by atoms with E-state index in [1.807, 2.05) is 24.3 Å². The third-order valence-electron chi connectivity index (χ3n) is 2.05. The lowest BCUT2D eigenvalue weighted by molar-refractivity contribution is 0.0691. The molecular formula is C11H8BrNO2S. The quantitative estimate of drug-likeness (QED) is 0.883. The Morgan fingerprint density at radius 3 is 2.94 bits per heavy atom. The molecule has 16 heavy (non-hydrogen) atoms. The average Bonchev–Trinajstić information content (AvgIpc) is 2.78. The average molecular weight is 298 g/mol. The van der Waals surface area contributed by atoms with E-state index in [1.54, 1.807) is 5.38 Å². The van der Waals surface area contributed by atoms with Crippen molar-refractivity contribution in [3.63, 3.8) is 0 Å². The van der Waals surface area contributed by atoms with E-state index in [2.05, 4.69) is 20.9 Å². The number of carboxylic acids is 1. The molecule has 0 aliphatic heterocycles. The number of carbonyl (C=O) groups is 1. The predicted octanol–water partition coefficient (Wildman–Crippen LogP) is 3.40. The van der Waals surface area contributed by atoms with Gasteiger partial charge in [0.15, 0.2) is 5.69 Å². The number of alkyl halides is 1. The van der Waals surface area contributed by atoms with Gasteiger partial charge in [-0.25, -0.2) is 9.78 Å². The van der Waals surface area contributed by atoms with Crippen molar-refractivity contribution in [3.05, 3.63) is 40.9 Å². The molecule has 2 rings (SSSR count). The minimum atomic E-state index is -0.987. The summed E-state index contributed by atoms with van der Waals surface area (Å²) in [4.78, 5) is 14.8. The van der Waals surface area contributed by atoms with Crippen LogP contribution in [0.3, 0.4) is 0 Å². The molecule has 0 atom stereocenters. The lowest BCUT2D eigenvalue weighted by Gasteiger charge is -1.98. The minimum absolute atomic E-state index is 0.101. The van der Waals surface area contributed by atoms with Crippen molar-refractivity contribution >= 4 is 33.2 Å². The van der Waals surface area contributed by atoms with Crippen LogP contribution in [-0.4, -0.2) is 16.1 Å². The zero-order valence-electron chi connectivity index (χ0n) is 8.18. The summed E-state index contributed by atoms with van der Waals surface area (Å²) in [6.45, 7) is 0. The molecule has 0 spiro atoms.